The molecule has 0 aliphatic carbocycles. The first kappa shape index (κ1) is 9.26. The molecule has 68 valence electrons. The summed E-state index contributed by atoms with van der Waals surface area (Å²) in [5, 5.41) is 4.32. The Morgan fingerprint density at radius 3 is 2.67 bits per heavy atom. The average molecular weight is 168 g/mol. The van der Waals surface area contributed by atoms with Gasteiger partial charge in [0, 0.05) is 12.3 Å². The minimum Gasteiger partial charge on any atom is -0.357 e. The highest BCUT2D eigenvalue weighted by Gasteiger charge is 2.07. The van der Waals surface area contributed by atoms with E-state index in [0.717, 1.165) is 18.0 Å². The van der Waals surface area contributed by atoms with E-state index in [4.69, 9.17) is 4.74 Å². The quantitative estimate of drug-likeness (QED) is 0.690. The van der Waals surface area contributed by atoms with Crippen molar-refractivity contribution in [3.8, 4) is 0 Å². The second kappa shape index (κ2) is 3.72. The van der Waals surface area contributed by atoms with Crippen LogP contribution in [0.25, 0.3) is 0 Å². The van der Waals surface area contributed by atoms with E-state index in [2.05, 4.69) is 11.2 Å². The summed E-state index contributed by atoms with van der Waals surface area (Å²) >= 11 is 0. The van der Waals surface area contributed by atoms with Gasteiger partial charge in [-0.15, -0.1) is 0 Å². The predicted octanol–water partition coefficient (Wildman–Crippen LogP) is 2.05. The third-order valence-electron chi connectivity index (χ3n) is 1.80. The lowest BCUT2D eigenvalue weighted by Gasteiger charge is -2.13. The van der Waals surface area contributed by atoms with Crippen molar-refractivity contribution in [1.29, 1.82) is 0 Å². The van der Waals surface area contributed by atoms with Crippen LogP contribution in [-0.4, -0.2) is 16.4 Å². The van der Waals surface area contributed by atoms with Gasteiger partial charge >= 0.3 is 0 Å². The molecule has 1 aromatic heterocycles. The minimum atomic E-state index is 0.0451. The minimum absolute atomic E-state index is 0.0451. The van der Waals surface area contributed by atoms with Crippen LogP contribution in [0.4, 0.5) is 0 Å². The average Bonchev–Trinajstić information content (AvgIpc) is 2.30. The van der Waals surface area contributed by atoms with Gasteiger partial charge in [-0.05, 0) is 33.8 Å². The summed E-state index contributed by atoms with van der Waals surface area (Å²) in [5.74, 6) is 0. The van der Waals surface area contributed by atoms with Gasteiger partial charge in [0.1, 0.15) is 6.23 Å². The number of ether oxygens (including phenoxy) is 1. The summed E-state index contributed by atoms with van der Waals surface area (Å²) in [7, 11) is 0. The van der Waals surface area contributed by atoms with E-state index >= 15 is 0 Å². The molecule has 0 aliphatic rings. The molecule has 1 heterocycles. The van der Waals surface area contributed by atoms with Crippen LogP contribution in [-0.2, 0) is 4.74 Å². The maximum atomic E-state index is 5.42. The Labute approximate surface area is 73.3 Å². The van der Waals surface area contributed by atoms with Crippen LogP contribution in [0.2, 0.25) is 0 Å². The van der Waals surface area contributed by atoms with Crippen LogP contribution in [0.3, 0.4) is 0 Å². The largest absolute Gasteiger partial charge is 0.357 e. The zero-order valence-electron chi connectivity index (χ0n) is 8.16. The predicted molar refractivity (Wildman–Crippen MR) is 48.0 cm³/mol. The monoisotopic (exact) mass is 168 g/mol. The number of hydrogen-bond donors (Lipinski definition) is 0. The van der Waals surface area contributed by atoms with E-state index in [1.807, 2.05) is 32.4 Å². The van der Waals surface area contributed by atoms with E-state index < -0.39 is 0 Å². The van der Waals surface area contributed by atoms with Gasteiger partial charge in [0.05, 0.1) is 5.69 Å². The van der Waals surface area contributed by atoms with E-state index in [1.54, 1.807) is 0 Å². The smallest absolute Gasteiger partial charge is 0.147 e. The van der Waals surface area contributed by atoms with E-state index in [0.29, 0.717) is 0 Å². The first-order valence-electron chi connectivity index (χ1n) is 4.29. The van der Waals surface area contributed by atoms with Gasteiger partial charge in [-0.1, -0.05) is 0 Å². The fraction of sp³-hybridized carbons (Fsp3) is 0.667. The summed E-state index contributed by atoms with van der Waals surface area (Å²) < 4.78 is 7.32. The van der Waals surface area contributed by atoms with Gasteiger partial charge in [0.25, 0.3) is 0 Å². The second-order valence-electron chi connectivity index (χ2n) is 2.93. The molecule has 12 heavy (non-hydrogen) atoms. The standard InChI is InChI=1S/C9H16N2O/c1-5-12-9(4)11-8(3)6-7(2)10-11/h6,9H,5H2,1-4H3. The van der Waals surface area contributed by atoms with Gasteiger partial charge in [-0.3, -0.25) is 0 Å². The fourth-order valence-corrected chi connectivity index (χ4v) is 1.33. The highest BCUT2D eigenvalue weighted by atomic mass is 16.5. The van der Waals surface area contributed by atoms with Crippen LogP contribution >= 0.6 is 0 Å². The maximum Gasteiger partial charge on any atom is 0.147 e. The number of aromatic nitrogens is 2. The molecule has 1 atom stereocenters. The van der Waals surface area contributed by atoms with Crippen molar-refractivity contribution in [3.05, 3.63) is 17.5 Å². The SMILES string of the molecule is CCOC(C)n1nc(C)cc1C. The molecule has 0 amide bonds. The normalized spacial score (nSPS) is 13.3. The molecule has 0 saturated heterocycles. The second-order valence-corrected chi connectivity index (χ2v) is 2.93. The summed E-state index contributed by atoms with van der Waals surface area (Å²) in [5.41, 5.74) is 2.19. The van der Waals surface area contributed by atoms with Crippen LogP contribution in [0, 0.1) is 13.8 Å². The molecule has 0 N–H and O–H groups in total. The highest BCUT2D eigenvalue weighted by molar-refractivity contribution is 5.06. The van der Waals surface area contributed by atoms with Crippen LogP contribution in [0.1, 0.15) is 31.5 Å². The molecule has 3 nitrogen and oxygen atoms in total. The van der Waals surface area contributed by atoms with Crippen molar-refractivity contribution >= 4 is 0 Å². The molecule has 0 aromatic carbocycles. The van der Waals surface area contributed by atoms with Crippen molar-refractivity contribution in [2.45, 2.75) is 33.9 Å². The lowest BCUT2D eigenvalue weighted by Crippen LogP contribution is -2.12. The van der Waals surface area contributed by atoms with Crippen molar-refractivity contribution in [1.82, 2.24) is 9.78 Å². The van der Waals surface area contributed by atoms with Crippen LogP contribution in [0.15, 0.2) is 6.07 Å². The first-order valence-corrected chi connectivity index (χ1v) is 4.29. The molecule has 0 aliphatic heterocycles. The molecule has 0 saturated carbocycles. The lowest BCUT2D eigenvalue weighted by atomic mass is 10.4. The number of hydrogen-bond acceptors (Lipinski definition) is 2. The third-order valence-corrected chi connectivity index (χ3v) is 1.80. The molecule has 0 bridgehead atoms. The van der Waals surface area contributed by atoms with Crippen molar-refractivity contribution < 1.29 is 4.74 Å². The molecule has 1 rings (SSSR count). The maximum absolute atomic E-state index is 5.42. The van der Waals surface area contributed by atoms with Gasteiger partial charge in [0.15, 0.2) is 0 Å². The number of rotatable bonds is 3. The number of nitrogens with zero attached hydrogens (tertiary/aromatic N) is 2. The molecule has 0 spiro atoms. The highest BCUT2D eigenvalue weighted by Crippen LogP contribution is 2.11. The van der Waals surface area contributed by atoms with Crippen LogP contribution in [0.5, 0.6) is 0 Å². The molecular weight excluding hydrogens is 152 g/mol. The Kier molecular flexibility index (Phi) is 2.87. The van der Waals surface area contributed by atoms with Gasteiger partial charge in [-0.2, -0.15) is 5.10 Å². The first-order chi connectivity index (χ1) is 5.65. The lowest BCUT2D eigenvalue weighted by molar-refractivity contribution is 0.0144. The molecule has 0 radical (unpaired) electrons. The Hall–Kier alpha value is -0.830. The summed E-state index contributed by atoms with van der Waals surface area (Å²) in [4.78, 5) is 0. The Morgan fingerprint density at radius 2 is 2.25 bits per heavy atom. The topological polar surface area (TPSA) is 27.1 Å². The summed E-state index contributed by atoms with van der Waals surface area (Å²) in [6, 6.07) is 2.05. The molecule has 0 fully saturated rings. The van der Waals surface area contributed by atoms with E-state index in [1.165, 1.54) is 0 Å². The Balaban J connectivity index is 2.79. The summed E-state index contributed by atoms with van der Waals surface area (Å²) in [6.45, 7) is 8.74. The van der Waals surface area contributed by atoms with Gasteiger partial charge < -0.3 is 4.74 Å². The van der Waals surface area contributed by atoms with E-state index in [9.17, 15) is 0 Å². The van der Waals surface area contributed by atoms with Crippen molar-refractivity contribution in [3.63, 3.8) is 0 Å². The zero-order valence-corrected chi connectivity index (χ0v) is 8.16. The van der Waals surface area contributed by atoms with Gasteiger partial charge in [-0.25, -0.2) is 4.68 Å². The van der Waals surface area contributed by atoms with E-state index in [-0.39, 0.29) is 6.23 Å². The molecule has 1 unspecified atom stereocenters. The van der Waals surface area contributed by atoms with Crippen LogP contribution < -0.4 is 0 Å². The molecule has 3 heteroatoms. The van der Waals surface area contributed by atoms with Gasteiger partial charge in [0.2, 0.25) is 0 Å². The fourth-order valence-electron chi connectivity index (χ4n) is 1.33. The van der Waals surface area contributed by atoms with Crippen molar-refractivity contribution in [2.24, 2.45) is 0 Å². The Bertz CT molecular complexity index is 255. The Morgan fingerprint density at radius 1 is 1.58 bits per heavy atom. The molecular formula is C9H16N2O. The third kappa shape index (κ3) is 1.85. The zero-order chi connectivity index (χ0) is 9.14. The van der Waals surface area contributed by atoms with Crippen molar-refractivity contribution in [2.75, 3.05) is 6.61 Å². The number of aryl methyl sites for hydroxylation is 2. The summed E-state index contributed by atoms with van der Waals surface area (Å²) in [6.07, 6.45) is 0.0451. The molecule has 1 aromatic rings.